The largest absolute Gasteiger partial charge is 0.512 e. The Hall–Kier alpha value is -0.720. The lowest BCUT2D eigenvalue weighted by Crippen LogP contribution is -2.00. The van der Waals surface area contributed by atoms with Gasteiger partial charge in [-0.3, -0.25) is 0 Å². The number of aliphatic hydroxyl groups is 1. The third-order valence-corrected chi connectivity index (χ3v) is 1.80. The topological polar surface area (TPSA) is 20.2 Å². The lowest BCUT2D eigenvalue weighted by Gasteiger charge is -2.13. The summed E-state index contributed by atoms with van der Waals surface area (Å²) in [5, 5.41) is 9.12. The molecule has 1 atom stereocenters. The zero-order valence-corrected chi connectivity index (χ0v) is 6.38. The summed E-state index contributed by atoms with van der Waals surface area (Å²) in [4.78, 5) is 0. The second-order valence-electron chi connectivity index (χ2n) is 2.80. The van der Waals surface area contributed by atoms with E-state index >= 15 is 0 Å². The van der Waals surface area contributed by atoms with Crippen LogP contribution in [0.1, 0.15) is 26.2 Å². The third-order valence-electron chi connectivity index (χ3n) is 1.80. The summed E-state index contributed by atoms with van der Waals surface area (Å²) in [6, 6.07) is 0. The Morgan fingerprint density at radius 3 is 3.10 bits per heavy atom. The van der Waals surface area contributed by atoms with E-state index in [1.54, 1.807) is 6.08 Å². The van der Waals surface area contributed by atoms with Gasteiger partial charge in [-0.25, -0.2) is 0 Å². The predicted octanol–water partition coefficient (Wildman–Crippen LogP) is 2.80. The van der Waals surface area contributed by atoms with Crippen molar-refractivity contribution in [1.82, 2.24) is 0 Å². The highest BCUT2D eigenvalue weighted by atomic mass is 16.3. The molecule has 0 heterocycles. The van der Waals surface area contributed by atoms with E-state index in [4.69, 9.17) is 5.11 Å². The van der Waals surface area contributed by atoms with Crippen molar-refractivity contribution in [2.75, 3.05) is 0 Å². The van der Waals surface area contributed by atoms with E-state index in [1.165, 1.54) is 12.8 Å². The van der Waals surface area contributed by atoms with Crippen LogP contribution in [-0.2, 0) is 0 Å². The first-order valence-corrected chi connectivity index (χ1v) is 3.89. The van der Waals surface area contributed by atoms with Gasteiger partial charge in [0.05, 0.1) is 5.76 Å². The van der Waals surface area contributed by atoms with Gasteiger partial charge in [0.1, 0.15) is 0 Å². The van der Waals surface area contributed by atoms with Gasteiger partial charge in [-0.1, -0.05) is 25.5 Å². The number of allylic oxidation sites excluding steroid dienone is 4. The summed E-state index contributed by atoms with van der Waals surface area (Å²) in [6.07, 6.45) is 9.11. The average Bonchev–Trinajstić information content (AvgIpc) is 1.88. The molecular weight excluding hydrogens is 124 g/mol. The van der Waals surface area contributed by atoms with E-state index in [1.807, 2.05) is 6.08 Å². The highest BCUT2D eigenvalue weighted by Gasteiger charge is 2.08. The van der Waals surface area contributed by atoms with Crippen LogP contribution in [0.25, 0.3) is 0 Å². The molecule has 0 spiro atoms. The Bertz CT molecular complexity index is 156. The molecule has 0 aromatic heterocycles. The van der Waals surface area contributed by atoms with Gasteiger partial charge in [-0.05, 0) is 18.4 Å². The second kappa shape index (κ2) is 3.45. The van der Waals surface area contributed by atoms with Crippen molar-refractivity contribution in [2.24, 2.45) is 5.92 Å². The fraction of sp³-hybridized carbons (Fsp3) is 0.556. The summed E-state index contributed by atoms with van der Waals surface area (Å²) in [6.45, 7) is 2.17. The molecule has 0 aliphatic heterocycles. The minimum absolute atomic E-state index is 0.529. The summed E-state index contributed by atoms with van der Waals surface area (Å²) >= 11 is 0. The normalized spacial score (nSPS) is 24.5. The van der Waals surface area contributed by atoms with Crippen molar-refractivity contribution in [3.05, 3.63) is 24.0 Å². The van der Waals surface area contributed by atoms with Gasteiger partial charge in [0.2, 0.25) is 0 Å². The molecule has 0 fully saturated rings. The van der Waals surface area contributed by atoms with Gasteiger partial charge in [0.25, 0.3) is 0 Å². The molecule has 1 N–H and O–H groups in total. The quantitative estimate of drug-likeness (QED) is 0.622. The van der Waals surface area contributed by atoms with Crippen LogP contribution in [0, 0.1) is 5.92 Å². The first-order chi connectivity index (χ1) is 4.83. The lowest BCUT2D eigenvalue weighted by atomic mass is 9.95. The molecule has 1 aliphatic rings. The molecule has 1 heteroatoms. The molecule has 0 unspecified atom stereocenters. The molecular formula is C9H14O. The maximum absolute atomic E-state index is 9.12. The van der Waals surface area contributed by atoms with Gasteiger partial charge in [0, 0.05) is 6.42 Å². The fourth-order valence-electron chi connectivity index (χ4n) is 1.30. The Kier molecular flexibility index (Phi) is 2.55. The van der Waals surface area contributed by atoms with Crippen molar-refractivity contribution in [3.8, 4) is 0 Å². The minimum atomic E-state index is 0.529. The van der Waals surface area contributed by atoms with Crippen LogP contribution in [-0.4, -0.2) is 5.11 Å². The molecule has 0 saturated carbocycles. The highest BCUT2D eigenvalue weighted by molar-refractivity contribution is 5.14. The van der Waals surface area contributed by atoms with E-state index in [2.05, 4.69) is 13.0 Å². The fourth-order valence-corrected chi connectivity index (χ4v) is 1.30. The maximum atomic E-state index is 9.12. The SMILES string of the molecule is CCC[C@@H]1C=CC=C(O)C1. The van der Waals surface area contributed by atoms with E-state index in [0.29, 0.717) is 11.7 Å². The van der Waals surface area contributed by atoms with Crippen LogP contribution in [0.4, 0.5) is 0 Å². The van der Waals surface area contributed by atoms with Crippen LogP contribution in [0.3, 0.4) is 0 Å². The standard InChI is InChI=1S/C9H14O/c1-2-4-8-5-3-6-9(10)7-8/h3,5-6,8,10H,2,4,7H2,1H3/t8-/m1/s1. The highest BCUT2D eigenvalue weighted by Crippen LogP contribution is 2.20. The predicted molar refractivity (Wildman–Crippen MR) is 42.9 cm³/mol. The van der Waals surface area contributed by atoms with Gasteiger partial charge in [-0.2, -0.15) is 0 Å². The Labute approximate surface area is 62.1 Å². The molecule has 1 rings (SSSR count). The molecule has 1 nitrogen and oxygen atoms in total. The first-order valence-electron chi connectivity index (χ1n) is 3.89. The van der Waals surface area contributed by atoms with Gasteiger partial charge >= 0.3 is 0 Å². The lowest BCUT2D eigenvalue weighted by molar-refractivity contribution is 0.357. The minimum Gasteiger partial charge on any atom is -0.512 e. The van der Waals surface area contributed by atoms with Crippen molar-refractivity contribution in [1.29, 1.82) is 0 Å². The maximum Gasteiger partial charge on any atom is 0.0928 e. The Balaban J connectivity index is 2.39. The summed E-state index contributed by atoms with van der Waals surface area (Å²) in [5.41, 5.74) is 0. The van der Waals surface area contributed by atoms with Gasteiger partial charge in [0.15, 0.2) is 0 Å². The molecule has 10 heavy (non-hydrogen) atoms. The smallest absolute Gasteiger partial charge is 0.0928 e. The summed E-state index contributed by atoms with van der Waals surface area (Å²) in [5.74, 6) is 1.11. The molecule has 0 bridgehead atoms. The number of rotatable bonds is 2. The number of hydrogen-bond donors (Lipinski definition) is 1. The monoisotopic (exact) mass is 138 g/mol. The van der Waals surface area contributed by atoms with Crippen molar-refractivity contribution in [2.45, 2.75) is 26.2 Å². The van der Waals surface area contributed by atoms with Crippen LogP contribution < -0.4 is 0 Å². The van der Waals surface area contributed by atoms with Crippen molar-refractivity contribution < 1.29 is 5.11 Å². The number of aliphatic hydroxyl groups excluding tert-OH is 1. The van der Waals surface area contributed by atoms with Crippen LogP contribution in [0.5, 0.6) is 0 Å². The zero-order chi connectivity index (χ0) is 7.40. The van der Waals surface area contributed by atoms with E-state index < -0.39 is 0 Å². The Morgan fingerprint density at radius 1 is 1.70 bits per heavy atom. The summed E-state index contributed by atoms with van der Waals surface area (Å²) < 4.78 is 0. The van der Waals surface area contributed by atoms with Crippen LogP contribution >= 0.6 is 0 Å². The second-order valence-corrected chi connectivity index (χ2v) is 2.80. The Morgan fingerprint density at radius 2 is 2.50 bits per heavy atom. The first kappa shape index (κ1) is 7.39. The molecule has 0 radical (unpaired) electrons. The van der Waals surface area contributed by atoms with Crippen molar-refractivity contribution in [3.63, 3.8) is 0 Å². The van der Waals surface area contributed by atoms with Gasteiger partial charge in [-0.15, -0.1) is 0 Å². The summed E-state index contributed by atoms with van der Waals surface area (Å²) in [7, 11) is 0. The van der Waals surface area contributed by atoms with Gasteiger partial charge < -0.3 is 5.11 Å². The van der Waals surface area contributed by atoms with Crippen molar-refractivity contribution >= 4 is 0 Å². The molecule has 0 aromatic rings. The van der Waals surface area contributed by atoms with E-state index in [9.17, 15) is 0 Å². The average molecular weight is 138 g/mol. The van der Waals surface area contributed by atoms with Crippen LogP contribution in [0.2, 0.25) is 0 Å². The zero-order valence-electron chi connectivity index (χ0n) is 6.38. The van der Waals surface area contributed by atoms with Crippen LogP contribution in [0.15, 0.2) is 24.0 Å². The molecule has 1 aliphatic carbocycles. The third kappa shape index (κ3) is 1.90. The molecule has 0 aromatic carbocycles. The number of hydrogen-bond acceptors (Lipinski definition) is 1. The van der Waals surface area contributed by atoms with E-state index in [-0.39, 0.29) is 0 Å². The molecule has 56 valence electrons. The molecule has 0 amide bonds. The molecule has 0 saturated heterocycles. The van der Waals surface area contributed by atoms with E-state index in [0.717, 1.165) is 6.42 Å².